The largest absolute Gasteiger partial charge is 0.308 e. The fraction of sp³-hybridized carbons (Fsp3) is 0. The van der Waals surface area contributed by atoms with Crippen molar-refractivity contribution in [3.05, 3.63) is 243 Å². The van der Waals surface area contributed by atoms with E-state index in [9.17, 15) is 0 Å². The van der Waals surface area contributed by atoms with Crippen molar-refractivity contribution in [2.75, 3.05) is 9.80 Å². The molecule has 12 aromatic carbocycles. The molecular formula is C64H40N2S2. The van der Waals surface area contributed by atoms with E-state index in [4.69, 9.17) is 0 Å². The Labute approximate surface area is 401 Å². The molecule has 2 aromatic heterocycles. The van der Waals surface area contributed by atoms with E-state index < -0.39 is 0 Å². The Morgan fingerprint density at radius 3 is 1.16 bits per heavy atom. The van der Waals surface area contributed by atoms with Crippen molar-refractivity contribution in [1.82, 2.24) is 0 Å². The Kier molecular flexibility index (Phi) is 8.98. The van der Waals surface area contributed by atoms with Crippen LogP contribution in [0, 0.1) is 0 Å². The third kappa shape index (κ3) is 6.15. The molecule has 0 N–H and O–H groups in total. The molecule has 0 fully saturated rings. The number of nitrogens with zero attached hydrogens (tertiary/aromatic N) is 2. The highest BCUT2D eigenvalue weighted by Gasteiger charge is 2.25. The lowest BCUT2D eigenvalue weighted by molar-refractivity contribution is 1.32. The summed E-state index contributed by atoms with van der Waals surface area (Å²) in [5, 5.41) is 12.5. The van der Waals surface area contributed by atoms with Crippen LogP contribution in [-0.4, -0.2) is 0 Å². The zero-order valence-electron chi connectivity index (χ0n) is 36.8. The maximum Gasteiger partial charge on any atom is 0.0640 e. The van der Waals surface area contributed by atoms with Crippen molar-refractivity contribution in [1.29, 1.82) is 0 Å². The standard InChI is InChI=1S/C64H40N2S2/c1-4-16-41(17-5-1)45-38-46(42-18-6-2-7-19-42)40-48(39-45)66(58-27-15-25-52-50-23-11-13-29-60(50)68-64(52)58)56-37-33-44-30-34-53-55(36-32-43-31-35-54(56)62(44)61(43)53)65(47-20-8-3-9-21-47)57-26-14-24-51-49-22-10-12-28-59(49)67-63(51)57/h1-40H. The van der Waals surface area contributed by atoms with Crippen LogP contribution in [-0.2, 0) is 0 Å². The highest BCUT2D eigenvalue weighted by atomic mass is 32.1. The van der Waals surface area contributed by atoms with Crippen LogP contribution in [0.5, 0.6) is 0 Å². The maximum absolute atomic E-state index is 2.54. The molecule has 0 radical (unpaired) electrons. The number of hydrogen-bond donors (Lipinski definition) is 0. The zero-order chi connectivity index (χ0) is 44.7. The fourth-order valence-corrected chi connectivity index (χ4v) is 13.1. The van der Waals surface area contributed by atoms with Crippen LogP contribution in [0.3, 0.4) is 0 Å². The molecule has 2 heterocycles. The van der Waals surface area contributed by atoms with E-state index in [2.05, 4.69) is 252 Å². The highest BCUT2D eigenvalue weighted by Crippen LogP contribution is 2.52. The number of hydrogen-bond acceptors (Lipinski definition) is 4. The monoisotopic (exact) mass is 900 g/mol. The molecular weight excluding hydrogens is 861 g/mol. The van der Waals surface area contributed by atoms with Gasteiger partial charge in [-0.1, -0.05) is 176 Å². The van der Waals surface area contributed by atoms with E-state index in [1.807, 2.05) is 22.7 Å². The summed E-state index contributed by atoms with van der Waals surface area (Å²) in [6.07, 6.45) is 0. The van der Waals surface area contributed by atoms with Crippen molar-refractivity contribution in [2.24, 2.45) is 0 Å². The van der Waals surface area contributed by atoms with Gasteiger partial charge in [-0.05, 0) is 111 Å². The van der Waals surface area contributed by atoms with Gasteiger partial charge in [0.2, 0.25) is 0 Å². The molecule has 4 heteroatoms. The summed E-state index contributed by atoms with van der Waals surface area (Å²) < 4.78 is 5.13. The van der Waals surface area contributed by atoms with Crippen LogP contribution in [0.2, 0.25) is 0 Å². The number of benzene rings is 12. The van der Waals surface area contributed by atoms with Gasteiger partial charge < -0.3 is 9.80 Å². The van der Waals surface area contributed by atoms with Gasteiger partial charge in [-0.3, -0.25) is 0 Å². The minimum absolute atomic E-state index is 1.11. The van der Waals surface area contributed by atoms with Gasteiger partial charge in [0.1, 0.15) is 0 Å². The van der Waals surface area contributed by atoms with Crippen LogP contribution in [0.4, 0.5) is 34.1 Å². The highest BCUT2D eigenvalue weighted by molar-refractivity contribution is 7.26. The molecule has 0 spiro atoms. The lowest BCUT2D eigenvalue weighted by Crippen LogP contribution is -2.12. The Balaban J connectivity index is 1.05. The number of anilines is 6. The SMILES string of the molecule is c1ccc(-c2cc(-c3ccccc3)cc(N(c3ccc4ccc5c(N(c6ccccc6)c6cccc7c6sc6ccccc67)ccc6ccc3c4c65)c3cccc4c3sc3ccccc34)c2)cc1. The second kappa shape index (κ2) is 15.7. The Morgan fingerprint density at radius 2 is 0.662 bits per heavy atom. The molecule has 14 rings (SSSR count). The average molecular weight is 901 g/mol. The average Bonchev–Trinajstić information content (AvgIpc) is 3.99. The smallest absolute Gasteiger partial charge is 0.0640 e. The topological polar surface area (TPSA) is 6.48 Å². The third-order valence-electron chi connectivity index (χ3n) is 13.8. The van der Waals surface area contributed by atoms with Gasteiger partial charge in [-0.2, -0.15) is 0 Å². The van der Waals surface area contributed by atoms with E-state index in [1.165, 1.54) is 101 Å². The third-order valence-corrected chi connectivity index (χ3v) is 16.2. The first-order chi connectivity index (χ1) is 33.7. The first-order valence-corrected chi connectivity index (χ1v) is 24.8. The van der Waals surface area contributed by atoms with Crippen LogP contribution < -0.4 is 9.80 Å². The van der Waals surface area contributed by atoms with Crippen molar-refractivity contribution in [3.63, 3.8) is 0 Å². The molecule has 0 saturated heterocycles. The molecule has 0 aliphatic carbocycles. The molecule has 0 amide bonds. The predicted octanol–water partition coefficient (Wildman–Crippen LogP) is 19.6. The molecule has 14 aromatic rings. The summed E-state index contributed by atoms with van der Waals surface area (Å²) >= 11 is 3.75. The van der Waals surface area contributed by atoms with E-state index >= 15 is 0 Å². The fourth-order valence-electron chi connectivity index (χ4n) is 10.7. The number of thiophene rings is 2. The minimum atomic E-state index is 1.11. The summed E-state index contributed by atoms with van der Waals surface area (Å²) in [4.78, 5) is 5.03. The Bertz CT molecular complexity index is 4150. The van der Waals surface area contributed by atoms with E-state index in [0.717, 1.165) is 28.4 Å². The second-order valence-electron chi connectivity index (χ2n) is 17.6. The molecule has 0 saturated carbocycles. The van der Waals surface area contributed by atoms with E-state index in [-0.39, 0.29) is 0 Å². The quantitative estimate of drug-likeness (QED) is 0.140. The molecule has 0 bridgehead atoms. The Morgan fingerprint density at radius 1 is 0.250 bits per heavy atom. The van der Waals surface area contributed by atoms with Gasteiger partial charge in [0.25, 0.3) is 0 Å². The maximum atomic E-state index is 2.54. The van der Waals surface area contributed by atoms with E-state index in [0.29, 0.717) is 0 Å². The van der Waals surface area contributed by atoms with Crippen LogP contribution in [0.1, 0.15) is 0 Å². The number of fused-ring (bicyclic) bond motifs is 6. The predicted molar refractivity (Wildman–Crippen MR) is 296 cm³/mol. The molecule has 2 nitrogen and oxygen atoms in total. The molecule has 68 heavy (non-hydrogen) atoms. The lowest BCUT2D eigenvalue weighted by atomic mass is 9.91. The summed E-state index contributed by atoms with van der Waals surface area (Å²) in [6, 6.07) is 89.6. The van der Waals surface area contributed by atoms with E-state index in [1.54, 1.807) is 0 Å². The molecule has 0 atom stereocenters. The van der Waals surface area contributed by atoms with Crippen LogP contribution >= 0.6 is 22.7 Å². The van der Waals surface area contributed by atoms with Gasteiger partial charge >= 0.3 is 0 Å². The van der Waals surface area contributed by atoms with Gasteiger partial charge in [0.15, 0.2) is 0 Å². The van der Waals surface area contributed by atoms with Crippen LogP contribution in [0.25, 0.3) is 94.9 Å². The molecule has 0 aliphatic heterocycles. The normalized spacial score (nSPS) is 11.8. The zero-order valence-corrected chi connectivity index (χ0v) is 38.4. The number of para-hydroxylation sites is 1. The van der Waals surface area contributed by atoms with Crippen LogP contribution in [0.15, 0.2) is 243 Å². The first-order valence-electron chi connectivity index (χ1n) is 23.2. The van der Waals surface area contributed by atoms with Gasteiger partial charge in [0, 0.05) is 53.1 Å². The number of rotatable bonds is 8. The molecule has 0 aliphatic rings. The summed E-state index contributed by atoms with van der Waals surface area (Å²) in [5.41, 5.74) is 11.6. The Hall–Kier alpha value is -8.28. The van der Waals surface area contributed by atoms with Crippen molar-refractivity contribution < 1.29 is 0 Å². The van der Waals surface area contributed by atoms with Crippen molar-refractivity contribution in [3.8, 4) is 22.3 Å². The summed E-state index contributed by atoms with van der Waals surface area (Å²) in [5.74, 6) is 0. The summed E-state index contributed by atoms with van der Waals surface area (Å²) in [6.45, 7) is 0. The lowest BCUT2D eigenvalue weighted by Gasteiger charge is -2.30. The van der Waals surface area contributed by atoms with Gasteiger partial charge in [0.05, 0.1) is 32.1 Å². The molecule has 318 valence electrons. The first kappa shape index (κ1) is 38.9. The molecule has 0 unspecified atom stereocenters. The van der Waals surface area contributed by atoms with Crippen molar-refractivity contribution in [2.45, 2.75) is 0 Å². The van der Waals surface area contributed by atoms with Gasteiger partial charge in [-0.15, -0.1) is 22.7 Å². The minimum Gasteiger partial charge on any atom is -0.308 e. The summed E-state index contributed by atoms with van der Waals surface area (Å²) in [7, 11) is 0. The van der Waals surface area contributed by atoms with Gasteiger partial charge in [-0.25, -0.2) is 0 Å². The van der Waals surface area contributed by atoms with Crippen molar-refractivity contribution >= 4 is 129 Å². The second-order valence-corrected chi connectivity index (χ2v) is 19.7.